The first-order chi connectivity index (χ1) is 12.2. The Hall–Kier alpha value is -2.71. The number of amides is 1. The predicted molar refractivity (Wildman–Crippen MR) is 98.6 cm³/mol. The fourth-order valence-corrected chi connectivity index (χ4v) is 3.80. The summed E-state index contributed by atoms with van der Waals surface area (Å²) >= 11 is 0. The van der Waals surface area contributed by atoms with Gasteiger partial charge in [-0.05, 0) is 50.2 Å². The summed E-state index contributed by atoms with van der Waals surface area (Å²) in [5.41, 5.74) is 2.06. The van der Waals surface area contributed by atoms with Gasteiger partial charge in [0.2, 0.25) is 10.0 Å². The summed E-state index contributed by atoms with van der Waals surface area (Å²) in [7, 11) is -3.67. The van der Waals surface area contributed by atoms with Gasteiger partial charge in [0.1, 0.15) is 5.52 Å². The van der Waals surface area contributed by atoms with Crippen LogP contribution < -0.4 is 10.0 Å². The third kappa shape index (κ3) is 3.92. The molecule has 1 aromatic heterocycles. The summed E-state index contributed by atoms with van der Waals surface area (Å²) in [5.74, 6) is 0.130. The van der Waals surface area contributed by atoms with Gasteiger partial charge in [-0.3, -0.25) is 4.79 Å². The number of benzene rings is 2. The summed E-state index contributed by atoms with van der Waals surface area (Å²) in [5, 5.41) is 2.74. The second kappa shape index (κ2) is 6.89. The van der Waals surface area contributed by atoms with E-state index in [2.05, 4.69) is 15.0 Å². The van der Waals surface area contributed by atoms with E-state index < -0.39 is 15.9 Å². The van der Waals surface area contributed by atoms with E-state index in [4.69, 9.17) is 4.42 Å². The van der Waals surface area contributed by atoms with E-state index >= 15 is 0 Å². The van der Waals surface area contributed by atoms with Gasteiger partial charge in [0.05, 0.1) is 4.90 Å². The first-order valence-electron chi connectivity index (χ1n) is 8.05. The molecule has 0 aliphatic carbocycles. The molecule has 7 nitrogen and oxygen atoms in total. The number of hydrogen-bond acceptors (Lipinski definition) is 5. The minimum Gasteiger partial charge on any atom is -0.441 e. The smallest absolute Gasteiger partial charge is 0.255 e. The molecule has 0 radical (unpaired) electrons. The molecule has 0 aliphatic heterocycles. The number of oxazole rings is 1. The summed E-state index contributed by atoms with van der Waals surface area (Å²) in [6.45, 7) is 5.21. The Labute approximate surface area is 151 Å². The van der Waals surface area contributed by atoms with E-state index in [0.717, 1.165) is 0 Å². The molecule has 1 heterocycles. The number of nitrogens with one attached hydrogen (secondary N) is 2. The van der Waals surface area contributed by atoms with Gasteiger partial charge in [0, 0.05) is 24.2 Å². The van der Waals surface area contributed by atoms with Crippen LogP contribution in [0.15, 0.2) is 51.8 Å². The predicted octanol–water partition coefficient (Wildman–Crippen LogP) is 3.08. The van der Waals surface area contributed by atoms with Crippen molar-refractivity contribution < 1.29 is 17.6 Å². The van der Waals surface area contributed by atoms with Crippen LogP contribution in [-0.2, 0) is 10.0 Å². The molecule has 1 amide bonds. The Morgan fingerprint density at radius 3 is 2.65 bits per heavy atom. The Balaban J connectivity index is 1.84. The van der Waals surface area contributed by atoms with Crippen molar-refractivity contribution in [3.8, 4) is 0 Å². The molecule has 136 valence electrons. The topological polar surface area (TPSA) is 101 Å². The zero-order valence-corrected chi connectivity index (χ0v) is 15.4. The summed E-state index contributed by atoms with van der Waals surface area (Å²) in [6.07, 6.45) is 0. The van der Waals surface area contributed by atoms with E-state index in [0.29, 0.717) is 22.7 Å². The van der Waals surface area contributed by atoms with Gasteiger partial charge in [-0.2, -0.15) is 0 Å². The average molecular weight is 373 g/mol. The molecule has 8 heteroatoms. The van der Waals surface area contributed by atoms with Crippen molar-refractivity contribution in [2.45, 2.75) is 31.7 Å². The molecule has 2 N–H and O–H groups in total. The van der Waals surface area contributed by atoms with Gasteiger partial charge in [0.25, 0.3) is 5.91 Å². The quantitative estimate of drug-likeness (QED) is 0.716. The van der Waals surface area contributed by atoms with E-state index in [-0.39, 0.29) is 16.5 Å². The van der Waals surface area contributed by atoms with Gasteiger partial charge >= 0.3 is 0 Å². The van der Waals surface area contributed by atoms with Crippen LogP contribution in [0.4, 0.5) is 5.69 Å². The summed E-state index contributed by atoms with van der Waals surface area (Å²) in [4.78, 5) is 16.8. The van der Waals surface area contributed by atoms with Crippen LogP contribution in [-0.4, -0.2) is 25.4 Å². The maximum Gasteiger partial charge on any atom is 0.255 e. The molecule has 0 spiro atoms. The molecule has 3 aromatic rings. The van der Waals surface area contributed by atoms with Crippen LogP contribution in [0.5, 0.6) is 0 Å². The molecule has 0 atom stereocenters. The number of carbonyl (C=O) groups is 1. The SMILES string of the molecule is Cc1nc2cc(NC(=O)c3cccc(S(=O)(=O)NC(C)C)c3)ccc2o1. The molecule has 26 heavy (non-hydrogen) atoms. The summed E-state index contributed by atoms with van der Waals surface area (Å²) < 4.78 is 32.4. The van der Waals surface area contributed by atoms with Crippen LogP contribution in [0.3, 0.4) is 0 Å². The number of carbonyl (C=O) groups excluding carboxylic acids is 1. The third-order valence-corrected chi connectivity index (χ3v) is 5.21. The van der Waals surface area contributed by atoms with Crippen molar-refractivity contribution in [3.05, 3.63) is 53.9 Å². The second-order valence-corrected chi connectivity index (χ2v) is 7.89. The molecular weight excluding hydrogens is 354 g/mol. The molecule has 0 saturated heterocycles. The van der Waals surface area contributed by atoms with Gasteiger partial charge in [-0.15, -0.1) is 0 Å². The largest absolute Gasteiger partial charge is 0.441 e. The van der Waals surface area contributed by atoms with Crippen molar-refractivity contribution in [1.29, 1.82) is 0 Å². The molecule has 0 saturated carbocycles. The maximum atomic E-state index is 12.5. The number of sulfonamides is 1. The highest BCUT2D eigenvalue weighted by molar-refractivity contribution is 7.89. The van der Waals surface area contributed by atoms with E-state index in [1.165, 1.54) is 18.2 Å². The minimum absolute atomic E-state index is 0.0430. The fourth-order valence-electron chi connectivity index (χ4n) is 2.51. The van der Waals surface area contributed by atoms with Crippen molar-refractivity contribution in [1.82, 2.24) is 9.71 Å². The van der Waals surface area contributed by atoms with Crippen molar-refractivity contribution in [3.63, 3.8) is 0 Å². The zero-order chi connectivity index (χ0) is 18.9. The number of anilines is 1. The van der Waals surface area contributed by atoms with Crippen LogP contribution >= 0.6 is 0 Å². The highest BCUT2D eigenvalue weighted by Crippen LogP contribution is 2.20. The number of aryl methyl sites for hydroxylation is 1. The number of rotatable bonds is 5. The lowest BCUT2D eigenvalue weighted by Crippen LogP contribution is -2.30. The fraction of sp³-hybridized carbons (Fsp3) is 0.222. The number of aromatic nitrogens is 1. The summed E-state index contributed by atoms with van der Waals surface area (Å²) in [6, 6.07) is 10.8. The van der Waals surface area contributed by atoms with Crippen LogP contribution in [0.25, 0.3) is 11.1 Å². The molecular formula is C18H19N3O4S. The lowest BCUT2D eigenvalue weighted by molar-refractivity contribution is 0.102. The van der Waals surface area contributed by atoms with Gasteiger partial charge in [-0.25, -0.2) is 18.1 Å². The van der Waals surface area contributed by atoms with Crippen LogP contribution in [0.2, 0.25) is 0 Å². The standard InChI is InChI=1S/C18H19N3O4S/c1-11(2)21-26(23,24)15-6-4-5-13(9-15)18(22)20-14-7-8-17-16(10-14)19-12(3)25-17/h4-11,21H,1-3H3,(H,20,22). The van der Waals surface area contributed by atoms with E-state index in [1.807, 2.05) is 0 Å². The highest BCUT2D eigenvalue weighted by Gasteiger charge is 2.17. The molecule has 2 aromatic carbocycles. The van der Waals surface area contributed by atoms with Gasteiger partial charge in [0.15, 0.2) is 11.5 Å². The Kier molecular flexibility index (Phi) is 4.80. The molecule has 0 aliphatic rings. The Morgan fingerprint density at radius 2 is 1.92 bits per heavy atom. The first-order valence-corrected chi connectivity index (χ1v) is 9.54. The number of nitrogens with zero attached hydrogens (tertiary/aromatic N) is 1. The Morgan fingerprint density at radius 1 is 1.15 bits per heavy atom. The average Bonchev–Trinajstić information content (AvgIpc) is 2.93. The lowest BCUT2D eigenvalue weighted by Gasteiger charge is -2.11. The molecule has 0 bridgehead atoms. The van der Waals surface area contributed by atoms with E-state index in [9.17, 15) is 13.2 Å². The van der Waals surface area contributed by atoms with Crippen molar-refractivity contribution in [2.24, 2.45) is 0 Å². The normalized spacial score (nSPS) is 11.8. The highest BCUT2D eigenvalue weighted by atomic mass is 32.2. The van der Waals surface area contributed by atoms with Gasteiger partial charge in [-0.1, -0.05) is 6.07 Å². The first kappa shape index (κ1) is 18.1. The maximum absolute atomic E-state index is 12.5. The number of fused-ring (bicyclic) bond motifs is 1. The van der Waals surface area contributed by atoms with Crippen molar-refractivity contribution >= 4 is 32.7 Å². The second-order valence-electron chi connectivity index (χ2n) is 6.17. The van der Waals surface area contributed by atoms with Crippen LogP contribution in [0, 0.1) is 6.92 Å². The van der Waals surface area contributed by atoms with Crippen molar-refractivity contribution in [2.75, 3.05) is 5.32 Å². The van der Waals surface area contributed by atoms with Gasteiger partial charge < -0.3 is 9.73 Å². The number of hydrogen-bond donors (Lipinski definition) is 2. The Bertz CT molecular complexity index is 1070. The minimum atomic E-state index is -3.67. The third-order valence-electron chi connectivity index (χ3n) is 3.55. The molecule has 0 fully saturated rings. The zero-order valence-electron chi connectivity index (χ0n) is 14.6. The lowest BCUT2D eigenvalue weighted by atomic mass is 10.2. The monoisotopic (exact) mass is 373 g/mol. The molecule has 0 unspecified atom stereocenters. The van der Waals surface area contributed by atoms with Crippen LogP contribution in [0.1, 0.15) is 30.1 Å². The molecule has 3 rings (SSSR count). The van der Waals surface area contributed by atoms with E-state index in [1.54, 1.807) is 45.0 Å².